The molecule has 0 amide bonds. The van der Waals surface area contributed by atoms with Crippen LogP contribution in [-0.4, -0.2) is 19.3 Å². The Hall–Kier alpha value is -2.25. The predicted octanol–water partition coefficient (Wildman–Crippen LogP) is -0.998. The molecule has 1 aliphatic rings. The van der Waals surface area contributed by atoms with Crippen LogP contribution >= 0.6 is 0 Å². The van der Waals surface area contributed by atoms with Gasteiger partial charge in [0.05, 0.1) is 11.7 Å². The Labute approximate surface area is 87.7 Å². The fraction of sp³-hybridized carbons (Fsp3) is 0.125. The van der Waals surface area contributed by atoms with Crippen molar-refractivity contribution in [3.63, 3.8) is 0 Å². The quantitative estimate of drug-likeness (QED) is 0.352. The second-order valence-corrected chi connectivity index (χ2v) is 3.44. The first-order valence-corrected chi connectivity index (χ1v) is 4.93. The van der Waals surface area contributed by atoms with Crippen molar-refractivity contribution < 1.29 is 8.42 Å². The van der Waals surface area contributed by atoms with Crippen LogP contribution in [0, 0.1) is 22.9 Å². The van der Waals surface area contributed by atoms with Gasteiger partial charge in [-0.15, -0.1) is 0 Å². The number of nitrogens with one attached hydrogen (secondary N) is 2. The van der Waals surface area contributed by atoms with Gasteiger partial charge in [-0.25, -0.2) is 0 Å². The summed E-state index contributed by atoms with van der Waals surface area (Å²) in [7, 11) is -2.50. The number of nitrogens with zero attached hydrogens (tertiary/aromatic N) is 2. The molecule has 7 heteroatoms. The maximum Gasteiger partial charge on any atom is 0.221 e. The third-order valence-corrected chi connectivity index (χ3v) is 2.54. The van der Waals surface area contributed by atoms with Gasteiger partial charge in [0, 0.05) is 0 Å². The first kappa shape index (κ1) is 10.8. The fourth-order valence-electron chi connectivity index (χ4n) is 1.14. The number of rotatable bonds is 2. The van der Waals surface area contributed by atoms with Crippen molar-refractivity contribution >= 4 is 15.2 Å². The largest absolute Gasteiger partial charge is 0.312 e. The summed E-state index contributed by atoms with van der Waals surface area (Å²) >= 11 is 0. The smallest absolute Gasteiger partial charge is 0.221 e. The molecular weight excluding hydrogens is 216 g/mol. The summed E-state index contributed by atoms with van der Waals surface area (Å²) in [6, 6.07) is -0.728. The Morgan fingerprint density at radius 2 is 2.07 bits per heavy atom. The van der Waals surface area contributed by atoms with Crippen LogP contribution in [0.2, 0.25) is 0 Å². The average molecular weight is 222 g/mol. The molecule has 0 bridgehead atoms. The van der Waals surface area contributed by atoms with E-state index in [2.05, 4.69) is 10.6 Å². The van der Waals surface area contributed by atoms with Gasteiger partial charge in [-0.2, -0.15) is 18.9 Å². The fourth-order valence-corrected chi connectivity index (χ4v) is 1.78. The van der Waals surface area contributed by atoms with Crippen molar-refractivity contribution in [1.29, 1.82) is 10.5 Å². The average Bonchev–Trinajstić information content (AvgIpc) is 2.18. The maximum atomic E-state index is 10.9. The molecule has 76 valence electrons. The van der Waals surface area contributed by atoms with E-state index in [-0.39, 0.29) is 10.6 Å². The number of allylic oxidation sites excluding steroid dienone is 2. The molecule has 0 aromatic carbocycles. The van der Waals surface area contributed by atoms with Gasteiger partial charge in [0.25, 0.3) is 0 Å². The summed E-state index contributed by atoms with van der Waals surface area (Å²) < 4.78 is 21.8. The Balaban J connectivity index is 3.18. The van der Waals surface area contributed by atoms with E-state index in [1.54, 1.807) is 18.5 Å². The van der Waals surface area contributed by atoms with Crippen LogP contribution in [-0.2, 0) is 10.3 Å². The monoisotopic (exact) mass is 222 g/mol. The van der Waals surface area contributed by atoms with Crippen LogP contribution in [0.5, 0.6) is 0 Å². The highest BCUT2D eigenvalue weighted by Gasteiger charge is 2.21. The number of hydrogen-bond acceptors (Lipinski definition) is 6. The van der Waals surface area contributed by atoms with Gasteiger partial charge in [0.2, 0.25) is 10.3 Å². The molecule has 1 atom stereocenters. The highest BCUT2D eigenvalue weighted by atomic mass is 32.2. The highest BCUT2D eigenvalue weighted by molar-refractivity contribution is 7.73. The van der Waals surface area contributed by atoms with Gasteiger partial charge >= 0.3 is 0 Å². The molecule has 0 saturated carbocycles. The molecule has 1 unspecified atom stereocenters. The first-order chi connectivity index (χ1) is 7.20. The summed E-state index contributed by atoms with van der Waals surface area (Å²) in [5.41, 5.74) is 0.168. The summed E-state index contributed by atoms with van der Waals surface area (Å²) in [5.74, 6) is 0. The minimum absolute atomic E-state index is 0.0550. The molecule has 0 spiro atoms. The van der Waals surface area contributed by atoms with Crippen LogP contribution in [0.4, 0.5) is 0 Å². The molecule has 6 nitrogen and oxygen atoms in total. The molecule has 15 heavy (non-hydrogen) atoms. The molecule has 0 aromatic heterocycles. The lowest BCUT2D eigenvalue weighted by Crippen LogP contribution is -2.37. The van der Waals surface area contributed by atoms with Crippen LogP contribution in [0.1, 0.15) is 0 Å². The van der Waals surface area contributed by atoms with Gasteiger partial charge in [0.15, 0.2) is 12.4 Å². The molecule has 0 radical (unpaired) electrons. The Morgan fingerprint density at radius 3 is 2.60 bits per heavy atom. The SMILES string of the molecule is N#CNC1=CC=CC(NC#N)C1=S(=O)=O. The van der Waals surface area contributed by atoms with Gasteiger partial charge in [-0.3, -0.25) is 5.32 Å². The van der Waals surface area contributed by atoms with E-state index in [4.69, 9.17) is 10.5 Å². The van der Waals surface area contributed by atoms with Gasteiger partial charge in [-0.1, -0.05) is 12.2 Å². The highest BCUT2D eigenvalue weighted by Crippen LogP contribution is 2.06. The molecule has 0 saturated heterocycles. The molecule has 0 heterocycles. The second kappa shape index (κ2) is 4.84. The second-order valence-electron chi connectivity index (χ2n) is 2.53. The Morgan fingerprint density at radius 1 is 1.33 bits per heavy atom. The maximum absolute atomic E-state index is 10.9. The van der Waals surface area contributed by atoms with Crippen LogP contribution in [0.15, 0.2) is 23.9 Å². The number of nitriles is 2. The van der Waals surface area contributed by atoms with E-state index in [0.717, 1.165) is 0 Å². The van der Waals surface area contributed by atoms with E-state index in [9.17, 15) is 8.42 Å². The predicted molar refractivity (Wildman–Crippen MR) is 52.4 cm³/mol. The Bertz CT molecular complexity index is 522. The summed E-state index contributed by atoms with van der Waals surface area (Å²) in [5, 5.41) is 21.4. The van der Waals surface area contributed by atoms with E-state index < -0.39 is 16.3 Å². The first-order valence-electron chi connectivity index (χ1n) is 3.85. The molecule has 1 rings (SSSR count). The van der Waals surface area contributed by atoms with Crippen molar-refractivity contribution in [3.8, 4) is 12.4 Å². The molecule has 0 aliphatic heterocycles. The standard InChI is InChI=1S/C8H6N4O2S/c9-4-11-6-2-1-3-7(12-5-10)8(6)15(13)14/h1-3,6,11-12H. The Kier molecular flexibility index (Phi) is 3.49. The van der Waals surface area contributed by atoms with E-state index in [1.165, 1.54) is 12.2 Å². The zero-order valence-corrected chi connectivity index (χ0v) is 8.25. The van der Waals surface area contributed by atoms with Crippen molar-refractivity contribution in [2.24, 2.45) is 0 Å². The summed E-state index contributed by atoms with van der Waals surface area (Å²) in [6.07, 6.45) is 7.80. The van der Waals surface area contributed by atoms with E-state index in [1.807, 2.05) is 0 Å². The summed E-state index contributed by atoms with van der Waals surface area (Å²) in [4.78, 5) is -0.0550. The zero-order chi connectivity index (χ0) is 11.3. The van der Waals surface area contributed by atoms with Gasteiger partial charge < -0.3 is 5.32 Å². The lowest BCUT2D eigenvalue weighted by atomic mass is 10.1. The third kappa shape index (κ3) is 2.36. The zero-order valence-electron chi connectivity index (χ0n) is 7.43. The summed E-state index contributed by atoms with van der Waals surface area (Å²) in [6.45, 7) is 0. The normalized spacial score (nSPS) is 18.4. The topological polar surface area (TPSA) is 106 Å². The van der Waals surface area contributed by atoms with Crippen LogP contribution in [0.25, 0.3) is 0 Å². The van der Waals surface area contributed by atoms with Crippen molar-refractivity contribution in [3.05, 3.63) is 23.9 Å². The molecule has 0 fully saturated rings. The lowest BCUT2D eigenvalue weighted by molar-refractivity contribution is 0.626. The minimum atomic E-state index is -2.50. The van der Waals surface area contributed by atoms with Crippen LogP contribution in [0.3, 0.4) is 0 Å². The lowest BCUT2D eigenvalue weighted by Gasteiger charge is -2.16. The minimum Gasteiger partial charge on any atom is -0.312 e. The van der Waals surface area contributed by atoms with Crippen molar-refractivity contribution in [2.45, 2.75) is 6.04 Å². The molecule has 2 N–H and O–H groups in total. The number of hydrogen-bond donors (Lipinski definition) is 2. The van der Waals surface area contributed by atoms with E-state index in [0.29, 0.717) is 0 Å². The van der Waals surface area contributed by atoms with Crippen molar-refractivity contribution in [2.75, 3.05) is 0 Å². The molecule has 0 aromatic rings. The van der Waals surface area contributed by atoms with Crippen LogP contribution < -0.4 is 10.6 Å². The van der Waals surface area contributed by atoms with Crippen molar-refractivity contribution in [1.82, 2.24) is 10.6 Å². The van der Waals surface area contributed by atoms with Gasteiger partial charge in [0.1, 0.15) is 4.86 Å². The molecular formula is C8H6N4O2S. The van der Waals surface area contributed by atoms with Gasteiger partial charge in [-0.05, 0) is 6.08 Å². The van der Waals surface area contributed by atoms with E-state index >= 15 is 0 Å². The molecule has 1 aliphatic carbocycles. The third-order valence-electron chi connectivity index (χ3n) is 1.70.